The Morgan fingerprint density at radius 3 is 2.46 bits per heavy atom. The fourth-order valence-electron chi connectivity index (χ4n) is 2.65. The summed E-state index contributed by atoms with van der Waals surface area (Å²) < 4.78 is 1.07. The lowest BCUT2D eigenvalue weighted by atomic mass is 10.1. The van der Waals surface area contributed by atoms with Gasteiger partial charge in [0.1, 0.15) is 5.56 Å². The van der Waals surface area contributed by atoms with Crippen LogP contribution in [0.25, 0.3) is 5.69 Å². The van der Waals surface area contributed by atoms with Crippen LogP contribution in [-0.4, -0.2) is 20.9 Å². The van der Waals surface area contributed by atoms with Crippen molar-refractivity contribution in [3.63, 3.8) is 0 Å². The second-order valence-corrected chi connectivity index (χ2v) is 5.90. The molecule has 0 aliphatic rings. The number of aryl methyl sites for hydroxylation is 2. The van der Waals surface area contributed by atoms with Crippen molar-refractivity contribution in [2.75, 3.05) is 0 Å². The van der Waals surface area contributed by atoms with Crippen LogP contribution in [-0.2, 0) is 6.42 Å². The van der Waals surface area contributed by atoms with Crippen molar-refractivity contribution in [3.05, 3.63) is 86.1 Å². The van der Waals surface area contributed by atoms with E-state index >= 15 is 0 Å². The van der Waals surface area contributed by atoms with Crippen LogP contribution in [0.2, 0.25) is 0 Å². The maximum Gasteiger partial charge on any atom is 0.335 e. The summed E-state index contributed by atoms with van der Waals surface area (Å²) in [5.41, 5.74) is 1.64. The minimum Gasteiger partial charge on any atom is -0.493 e. The van der Waals surface area contributed by atoms with E-state index < -0.39 is 17.1 Å². The Bertz CT molecular complexity index is 1080. The van der Waals surface area contributed by atoms with Crippen LogP contribution >= 0.6 is 0 Å². The van der Waals surface area contributed by atoms with E-state index in [1.165, 1.54) is 11.8 Å². The Morgan fingerprint density at radius 1 is 1.12 bits per heavy atom. The minimum absolute atomic E-state index is 0.0765. The van der Waals surface area contributed by atoms with Gasteiger partial charge in [-0.25, -0.2) is 9.36 Å². The summed E-state index contributed by atoms with van der Waals surface area (Å²) in [5, 5.41) is 10.5. The summed E-state index contributed by atoms with van der Waals surface area (Å²) in [6.07, 6.45) is 2.19. The Balaban J connectivity index is 2.09. The van der Waals surface area contributed by atoms with Gasteiger partial charge >= 0.3 is 5.69 Å². The standard InChI is InChI=1S/C20H19N3O3/c1-3-14-8-10-15(11-9-14)21-12-16-18(24)22-20(26)23(19(16)25)17-7-5-4-6-13(17)2/h4-12,25H,3H2,1-2H3,(H,22,24,26). The number of rotatable bonds is 4. The van der Waals surface area contributed by atoms with E-state index in [9.17, 15) is 14.7 Å². The predicted molar refractivity (Wildman–Crippen MR) is 102 cm³/mol. The van der Waals surface area contributed by atoms with Crippen molar-refractivity contribution in [1.82, 2.24) is 9.55 Å². The predicted octanol–water partition coefficient (Wildman–Crippen LogP) is 2.85. The lowest BCUT2D eigenvalue weighted by Crippen LogP contribution is -2.31. The molecule has 0 aliphatic heterocycles. The van der Waals surface area contributed by atoms with Gasteiger partial charge in [0.15, 0.2) is 0 Å². The fourth-order valence-corrected chi connectivity index (χ4v) is 2.65. The first kappa shape index (κ1) is 17.4. The van der Waals surface area contributed by atoms with Gasteiger partial charge in [-0.1, -0.05) is 37.3 Å². The number of H-pyrrole nitrogens is 1. The Kier molecular flexibility index (Phi) is 4.84. The summed E-state index contributed by atoms with van der Waals surface area (Å²) >= 11 is 0. The first-order valence-corrected chi connectivity index (χ1v) is 8.28. The number of hydrogen-bond donors (Lipinski definition) is 2. The van der Waals surface area contributed by atoms with E-state index in [4.69, 9.17) is 0 Å². The fraction of sp³-hybridized carbons (Fsp3) is 0.150. The minimum atomic E-state index is -0.703. The Morgan fingerprint density at radius 2 is 1.81 bits per heavy atom. The van der Waals surface area contributed by atoms with Crippen LogP contribution in [0.5, 0.6) is 5.88 Å². The Hall–Kier alpha value is -3.41. The highest BCUT2D eigenvalue weighted by Gasteiger charge is 2.15. The van der Waals surface area contributed by atoms with E-state index in [1.54, 1.807) is 12.1 Å². The zero-order valence-corrected chi connectivity index (χ0v) is 14.6. The first-order valence-electron chi connectivity index (χ1n) is 8.28. The third-order valence-electron chi connectivity index (χ3n) is 4.16. The normalized spacial score (nSPS) is 11.2. The van der Waals surface area contributed by atoms with Gasteiger partial charge in [0, 0.05) is 6.21 Å². The molecule has 0 amide bonds. The molecule has 0 bridgehead atoms. The number of para-hydroxylation sites is 1. The average Bonchev–Trinajstić information content (AvgIpc) is 2.63. The van der Waals surface area contributed by atoms with Crippen molar-refractivity contribution >= 4 is 11.9 Å². The van der Waals surface area contributed by atoms with Crippen molar-refractivity contribution in [1.29, 1.82) is 0 Å². The molecule has 1 aromatic heterocycles. The first-order chi connectivity index (χ1) is 12.5. The maximum absolute atomic E-state index is 12.2. The van der Waals surface area contributed by atoms with Crippen molar-refractivity contribution in [3.8, 4) is 11.6 Å². The quantitative estimate of drug-likeness (QED) is 0.710. The SMILES string of the molecule is CCc1ccc(N=Cc2c(O)n(-c3ccccc3C)c(=O)[nH]c2=O)cc1. The van der Waals surface area contributed by atoms with E-state index in [-0.39, 0.29) is 5.56 Å². The molecule has 3 aromatic rings. The van der Waals surface area contributed by atoms with Gasteiger partial charge < -0.3 is 5.11 Å². The van der Waals surface area contributed by atoms with Crippen LogP contribution in [0.1, 0.15) is 23.6 Å². The van der Waals surface area contributed by atoms with Gasteiger partial charge in [0.05, 0.1) is 11.4 Å². The molecule has 0 saturated heterocycles. The van der Waals surface area contributed by atoms with Gasteiger partial charge in [0.25, 0.3) is 5.56 Å². The molecular weight excluding hydrogens is 330 g/mol. The summed E-state index contributed by atoms with van der Waals surface area (Å²) in [4.78, 5) is 30.8. The van der Waals surface area contributed by atoms with Gasteiger partial charge in [-0.05, 0) is 42.7 Å². The molecule has 0 spiro atoms. The molecule has 1 heterocycles. The molecule has 3 rings (SSSR count). The summed E-state index contributed by atoms with van der Waals surface area (Å²) in [6.45, 7) is 3.88. The van der Waals surface area contributed by atoms with Crippen molar-refractivity contribution in [2.45, 2.75) is 20.3 Å². The second-order valence-electron chi connectivity index (χ2n) is 5.90. The molecule has 0 radical (unpaired) electrons. The third kappa shape index (κ3) is 3.35. The number of nitrogens with zero attached hydrogens (tertiary/aromatic N) is 2. The Labute approximate surface area is 150 Å². The van der Waals surface area contributed by atoms with Crippen molar-refractivity contribution in [2.24, 2.45) is 4.99 Å². The number of aromatic amines is 1. The van der Waals surface area contributed by atoms with Gasteiger partial charge in [-0.15, -0.1) is 0 Å². The molecule has 0 saturated carbocycles. The van der Waals surface area contributed by atoms with Crippen molar-refractivity contribution < 1.29 is 5.11 Å². The van der Waals surface area contributed by atoms with E-state index in [1.807, 2.05) is 43.3 Å². The van der Waals surface area contributed by atoms with E-state index in [2.05, 4.69) is 16.9 Å². The summed E-state index contributed by atoms with van der Waals surface area (Å²) in [6, 6.07) is 14.7. The third-order valence-corrected chi connectivity index (χ3v) is 4.16. The smallest absolute Gasteiger partial charge is 0.335 e. The molecular formula is C20H19N3O3. The van der Waals surface area contributed by atoms with Crippen LogP contribution in [0.15, 0.2) is 63.1 Å². The van der Waals surface area contributed by atoms with Crippen LogP contribution in [0.4, 0.5) is 5.69 Å². The highest BCUT2D eigenvalue weighted by Crippen LogP contribution is 2.19. The molecule has 2 N–H and O–H groups in total. The number of hydrogen-bond acceptors (Lipinski definition) is 4. The maximum atomic E-state index is 12.2. The molecule has 0 atom stereocenters. The molecule has 0 fully saturated rings. The van der Waals surface area contributed by atoms with Crippen LogP contribution in [0.3, 0.4) is 0 Å². The zero-order chi connectivity index (χ0) is 18.7. The molecule has 26 heavy (non-hydrogen) atoms. The van der Waals surface area contributed by atoms with Gasteiger partial charge in [-0.3, -0.25) is 14.8 Å². The number of aliphatic imine (C=N–C) groups is 1. The number of aromatic nitrogens is 2. The number of aromatic hydroxyl groups is 1. The lowest BCUT2D eigenvalue weighted by Gasteiger charge is -2.11. The van der Waals surface area contributed by atoms with E-state index in [0.717, 1.165) is 16.6 Å². The molecule has 0 unspecified atom stereocenters. The van der Waals surface area contributed by atoms with Crippen LogP contribution < -0.4 is 11.2 Å². The summed E-state index contributed by atoms with van der Waals surface area (Å²) in [5.74, 6) is -0.443. The average molecular weight is 349 g/mol. The number of nitrogens with one attached hydrogen (secondary N) is 1. The molecule has 0 aliphatic carbocycles. The molecule has 6 nitrogen and oxygen atoms in total. The monoisotopic (exact) mass is 349 g/mol. The topological polar surface area (TPSA) is 87.4 Å². The highest BCUT2D eigenvalue weighted by atomic mass is 16.3. The molecule has 6 heteroatoms. The lowest BCUT2D eigenvalue weighted by molar-refractivity contribution is 0.430. The van der Waals surface area contributed by atoms with Gasteiger partial charge in [-0.2, -0.15) is 0 Å². The van der Waals surface area contributed by atoms with Crippen LogP contribution in [0, 0.1) is 6.92 Å². The molecule has 132 valence electrons. The number of benzene rings is 2. The highest BCUT2D eigenvalue weighted by molar-refractivity contribution is 5.84. The largest absolute Gasteiger partial charge is 0.493 e. The van der Waals surface area contributed by atoms with E-state index in [0.29, 0.717) is 11.4 Å². The van der Waals surface area contributed by atoms with Gasteiger partial charge in [0.2, 0.25) is 5.88 Å². The second kappa shape index (κ2) is 7.23. The summed E-state index contributed by atoms with van der Waals surface area (Å²) in [7, 11) is 0. The molecule has 2 aromatic carbocycles. The zero-order valence-electron chi connectivity index (χ0n) is 14.6.